The molecular weight excluding hydrogens is 478 g/mol. The average Bonchev–Trinajstić information content (AvgIpc) is 3.18. The largest absolute Gasteiger partial charge is 0.465 e. The number of fused-ring (bicyclic) bond motifs is 1. The fraction of sp³-hybridized carbons (Fsp3) is 0.444. The van der Waals surface area contributed by atoms with Crippen molar-refractivity contribution in [2.24, 2.45) is 0 Å². The molecule has 1 saturated heterocycles. The predicted octanol–water partition coefficient (Wildman–Crippen LogP) is 3.10. The molecule has 8 nitrogen and oxygen atoms in total. The normalized spacial score (nSPS) is 22.2. The monoisotopic (exact) mass is 511 g/mol. The maximum atomic E-state index is 13.6. The van der Waals surface area contributed by atoms with E-state index in [0.29, 0.717) is 0 Å². The third-order valence-electron chi connectivity index (χ3n) is 7.00. The number of thioether (sulfide) groups is 1. The summed E-state index contributed by atoms with van der Waals surface area (Å²) < 4.78 is -0.581. The number of hydrogen-bond acceptors (Lipinski definition) is 5. The van der Waals surface area contributed by atoms with Crippen LogP contribution >= 0.6 is 11.8 Å². The van der Waals surface area contributed by atoms with Crippen LogP contribution in [0.1, 0.15) is 49.4 Å². The highest BCUT2D eigenvalue weighted by Crippen LogP contribution is 2.40. The summed E-state index contributed by atoms with van der Waals surface area (Å²) in [5, 5.41) is 25.8. The van der Waals surface area contributed by atoms with Crippen LogP contribution in [0.25, 0.3) is 0 Å². The van der Waals surface area contributed by atoms with E-state index < -0.39 is 34.9 Å². The van der Waals surface area contributed by atoms with Crippen LogP contribution in [0.3, 0.4) is 0 Å². The van der Waals surface area contributed by atoms with Gasteiger partial charge < -0.3 is 25.7 Å². The van der Waals surface area contributed by atoms with Crippen molar-refractivity contribution in [2.75, 3.05) is 5.88 Å². The number of carbonyl (C=O) groups excluding carboxylic acids is 2. The first-order valence-electron chi connectivity index (χ1n) is 12.2. The second-order valence-electron chi connectivity index (χ2n) is 9.93. The molecule has 2 aliphatic rings. The number of nitrogens with one attached hydrogen (secondary N) is 2. The molecular formula is C27H33N3O5S. The Morgan fingerprint density at radius 1 is 1.11 bits per heavy atom. The summed E-state index contributed by atoms with van der Waals surface area (Å²) in [6.45, 7) is 3.82. The van der Waals surface area contributed by atoms with E-state index in [1.54, 1.807) is 12.1 Å². The molecule has 1 fully saturated rings. The molecule has 4 N–H and O–H groups in total. The van der Waals surface area contributed by atoms with E-state index in [1.165, 1.54) is 22.2 Å². The van der Waals surface area contributed by atoms with Gasteiger partial charge in [-0.05, 0) is 56.2 Å². The Labute approximate surface area is 215 Å². The van der Waals surface area contributed by atoms with Gasteiger partial charge in [-0.1, -0.05) is 54.6 Å². The maximum absolute atomic E-state index is 13.6. The van der Waals surface area contributed by atoms with E-state index >= 15 is 0 Å². The molecule has 0 bridgehead atoms. The smallest absolute Gasteiger partial charge is 0.404 e. The molecule has 4 atom stereocenters. The zero-order valence-electron chi connectivity index (χ0n) is 20.5. The first-order chi connectivity index (χ1) is 17.2. The standard InChI is InChI=1S/C27H33N3O5S/c1-27(2)23(24(32)28-20-14-8-12-18-11-6-7-13-19(18)20)30(16-36-27)25(33)22(31)21(29-26(34)35)15-17-9-4-3-5-10-17/h3-7,9-11,13,20-23,29,31H,8,12,14-16H2,1-2H3,(H,28,32)(H,34,35)/t20?,21-,22-,23?/m0/s1. The van der Waals surface area contributed by atoms with Gasteiger partial charge in [0.1, 0.15) is 6.04 Å². The lowest BCUT2D eigenvalue weighted by Crippen LogP contribution is -2.59. The Kier molecular flexibility index (Phi) is 7.90. The highest BCUT2D eigenvalue weighted by atomic mass is 32.2. The SMILES string of the molecule is CC1(C)SCN(C(=O)[C@@H](O)[C@H](Cc2ccccc2)NC(=O)O)C1C(=O)NC1CCCc2ccccc21. The van der Waals surface area contributed by atoms with Crippen LogP contribution in [-0.4, -0.2) is 61.8 Å². The second kappa shape index (κ2) is 10.9. The predicted molar refractivity (Wildman–Crippen MR) is 139 cm³/mol. The minimum absolute atomic E-state index is 0.134. The second-order valence-corrected chi connectivity index (χ2v) is 11.5. The molecule has 2 aromatic rings. The van der Waals surface area contributed by atoms with Crippen molar-refractivity contribution in [2.45, 2.75) is 68.5 Å². The molecule has 0 aromatic heterocycles. The van der Waals surface area contributed by atoms with Gasteiger partial charge in [-0.3, -0.25) is 9.59 Å². The summed E-state index contributed by atoms with van der Waals surface area (Å²) >= 11 is 1.46. The van der Waals surface area contributed by atoms with Crippen LogP contribution in [0.5, 0.6) is 0 Å². The van der Waals surface area contributed by atoms with Crippen molar-refractivity contribution >= 4 is 29.7 Å². The van der Waals surface area contributed by atoms with Gasteiger partial charge in [0.25, 0.3) is 5.91 Å². The number of hydrogen-bond donors (Lipinski definition) is 4. The lowest BCUT2D eigenvalue weighted by atomic mass is 9.87. The lowest BCUT2D eigenvalue weighted by molar-refractivity contribution is -0.147. The topological polar surface area (TPSA) is 119 Å². The van der Waals surface area contributed by atoms with Crippen LogP contribution in [0.4, 0.5) is 4.79 Å². The minimum atomic E-state index is -1.64. The van der Waals surface area contributed by atoms with E-state index in [0.717, 1.165) is 30.4 Å². The van der Waals surface area contributed by atoms with Gasteiger partial charge in [-0.2, -0.15) is 0 Å². The molecule has 2 unspecified atom stereocenters. The molecule has 1 aliphatic heterocycles. The molecule has 4 rings (SSSR count). The number of amides is 3. The van der Waals surface area contributed by atoms with Crippen molar-refractivity contribution < 1.29 is 24.6 Å². The number of benzene rings is 2. The van der Waals surface area contributed by atoms with Crippen LogP contribution in [0.15, 0.2) is 54.6 Å². The quantitative estimate of drug-likeness (QED) is 0.454. The summed E-state index contributed by atoms with van der Waals surface area (Å²) in [6.07, 6.45) is -0.0651. The van der Waals surface area contributed by atoms with Gasteiger partial charge >= 0.3 is 6.09 Å². The number of aliphatic hydroxyl groups excluding tert-OH is 1. The first-order valence-corrected chi connectivity index (χ1v) is 13.2. The Morgan fingerprint density at radius 2 is 1.81 bits per heavy atom. The fourth-order valence-electron chi connectivity index (χ4n) is 5.18. The van der Waals surface area contributed by atoms with Gasteiger partial charge in [-0.15, -0.1) is 11.8 Å². The van der Waals surface area contributed by atoms with Crippen molar-refractivity contribution in [3.63, 3.8) is 0 Å². The van der Waals surface area contributed by atoms with Crippen molar-refractivity contribution in [3.05, 3.63) is 71.3 Å². The molecule has 0 saturated carbocycles. The summed E-state index contributed by atoms with van der Waals surface area (Å²) in [5.41, 5.74) is 3.11. The van der Waals surface area contributed by atoms with Crippen LogP contribution in [0.2, 0.25) is 0 Å². The average molecular weight is 512 g/mol. The van der Waals surface area contributed by atoms with Gasteiger partial charge in [0.05, 0.1) is 18.0 Å². The number of rotatable bonds is 7. The summed E-state index contributed by atoms with van der Waals surface area (Å²) in [6, 6.07) is 15.2. The zero-order chi connectivity index (χ0) is 25.9. The van der Waals surface area contributed by atoms with Gasteiger partial charge in [0, 0.05) is 4.75 Å². The van der Waals surface area contributed by atoms with Crippen LogP contribution in [0, 0.1) is 0 Å². The molecule has 192 valence electrons. The van der Waals surface area contributed by atoms with Crippen molar-refractivity contribution in [1.29, 1.82) is 0 Å². The molecule has 36 heavy (non-hydrogen) atoms. The number of aliphatic hydroxyl groups is 1. The highest BCUT2D eigenvalue weighted by Gasteiger charge is 2.50. The number of carbonyl (C=O) groups is 3. The van der Waals surface area contributed by atoms with Gasteiger partial charge in [0.15, 0.2) is 6.10 Å². The van der Waals surface area contributed by atoms with E-state index in [1.807, 2.05) is 50.2 Å². The fourth-order valence-corrected chi connectivity index (χ4v) is 6.32. The number of aryl methyl sites for hydroxylation is 1. The van der Waals surface area contributed by atoms with E-state index in [4.69, 9.17) is 0 Å². The summed E-state index contributed by atoms with van der Waals surface area (Å²) in [4.78, 5) is 39.9. The third-order valence-corrected chi connectivity index (χ3v) is 8.38. The number of carboxylic acid groups (broad SMARTS) is 1. The molecule has 1 heterocycles. The Hall–Kier alpha value is -3.04. The lowest BCUT2D eigenvalue weighted by Gasteiger charge is -2.35. The number of nitrogens with zero attached hydrogens (tertiary/aromatic N) is 1. The third kappa shape index (κ3) is 5.68. The first kappa shape index (κ1) is 26.0. The van der Waals surface area contributed by atoms with E-state index in [-0.39, 0.29) is 24.2 Å². The van der Waals surface area contributed by atoms with Gasteiger partial charge in [-0.25, -0.2) is 4.79 Å². The van der Waals surface area contributed by atoms with Crippen molar-refractivity contribution in [3.8, 4) is 0 Å². The maximum Gasteiger partial charge on any atom is 0.404 e. The summed E-state index contributed by atoms with van der Waals surface area (Å²) in [7, 11) is 0. The molecule has 2 aromatic carbocycles. The summed E-state index contributed by atoms with van der Waals surface area (Å²) in [5.74, 6) is -0.696. The van der Waals surface area contributed by atoms with E-state index in [2.05, 4.69) is 16.7 Å². The molecule has 0 radical (unpaired) electrons. The van der Waals surface area contributed by atoms with Crippen molar-refractivity contribution in [1.82, 2.24) is 15.5 Å². The zero-order valence-corrected chi connectivity index (χ0v) is 21.3. The molecule has 9 heteroatoms. The van der Waals surface area contributed by atoms with Gasteiger partial charge in [0.2, 0.25) is 5.91 Å². The van der Waals surface area contributed by atoms with Crippen LogP contribution in [-0.2, 0) is 22.4 Å². The molecule has 0 spiro atoms. The van der Waals surface area contributed by atoms with Crippen LogP contribution < -0.4 is 10.6 Å². The Bertz CT molecular complexity index is 1110. The Morgan fingerprint density at radius 3 is 2.53 bits per heavy atom. The minimum Gasteiger partial charge on any atom is -0.465 e. The molecule has 3 amide bonds. The Balaban J connectivity index is 1.53. The highest BCUT2D eigenvalue weighted by molar-refractivity contribution is 8.00. The molecule has 1 aliphatic carbocycles. The van der Waals surface area contributed by atoms with E-state index in [9.17, 15) is 24.6 Å².